The van der Waals surface area contributed by atoms with Gasteiger partial charge in [-0.15, -0.1) is 0 Å². The number of benzene rings is 1. The molecule has 0 unspecified atom stereocenters. The lowest BCUT2D eigenvalue weighted by molar-refractivity contribution is -0.172. The number of hydrogen-bond acceptors (Lipinski definition) is 3. The Morgan fingerprint density at radius 2 is 1.90 bits per heavy atom. The Kier molecular flexibility index (Phi) is 4.76. The van der Waals surface area contributed by atoms with Gasteiger partial charge in [0.1, 0.15) is 12.2 Å². The highest BCUT2D eigenvalue weighted by Gasteiger charge is 2.42. The summed E-state index contributed by atoms with van der Waals surface area (Å²) in [6.45, 7) is 2.14. The van der Waals surface area contributed by atoms with Crippen LogP contribution in [0.15, 0.2) is 18.2 Å². The second-order valence-corrected chi connectivity index (χ2v) is 6.07. The number of carboxylic acid groups (broad SMARTS) is 1. The van der Waals surface area contributed by atoms with Gasteiger partial charge in [0.05, 0.1) is 19.5 Å². The molecule has 5 nitrogen and oxygen atoms in total. The van der Waals surface area contributed by atoms with Crippen LogP contribution >= 0.6 is 23.2 Å². The molecule has 21 heavy (non-hydrogen) atoms. The first-order valence-electron chi connectivity index (χ1n) is 6.37. The van der Waals surface area contributed by atoms with Crippen LogP contribution in [0.2, 0.25) is 10.0 Å². The van der Waals surface area contributed by atoms with E-state index in [0.717, 1.165) is 0 Å². The molecular weight excluding hydrogens is 317 g/mol. The second kappa shape index (κ2) is 6.22. The van der Waals surface area contributed by atoms with E-state index in [1.807, 2.05) is 0 Å². The zero-order chi connectivity index (χ0) is 15.6. The molecule has 0 spiro atoms. The smallest absolute Gasteiger partial charge is 0.329 e. The van der Waals surface area contributed by atoms with E-state index in [-0.39, 0.29) is 18.9 Å². The van der Waals surface area contributed by atoms with Gasteiger partial charge in [0.15, 0.2) is 0 Å². The van der Waals surface area contributed by atoms with Gasteiger partial charge in [-0.25, -0.2) is 4.79 Å². The van der Waals surface area contributed by atoms with Crippen molar-refractivity contribution in [2.75, 3.05) is 19.7 Å². The van der Waals surface area contributed by atoms with Crippen LogP contribution in [0.1, 0.15) is 12.5 Å². The minimum atomic E-state index is -1.02. The van der Waals surface area contributed by atoms with Crippen molar-refractivity contribution in [3.63, 3.8) is 0 Å². The van der Waals surface area contributed by atoms with Gasteiger partial charge in [0, 0.05) is 10.0 Å². The van der Waals surface area contributed by atoms with Crippen molar-refractivity contribution in [2.24, 2.45) is 0 Å². The Balaban J connectivity index is 1.91. The summed E-state index contributed by atoms with van der Waals surface area (Å²) in [4.78, 5) is 24.2. The first-order chi connectivity index (χ1) is 9.81. The molecule has 1 aromatic carbocycles. The van der Waals surface area contributed by atoms with Crippen LogP contribution in [0.5, 0.6) is 0 Å². The average Bonchev–Trinajstić information content (AvgIpc) is 2.37. The van der Waals surface area contributed by atoms with Crippen LogP contribution in [-0.2, 0) is 20.7 Å². The molecular formula is C14H15Cl2NO4. The number of carboxylic acids is 1. The van der Waals surface area contributed by atoms with Gasteiger partial charge in [-0.05, 0) is 24.6 Å². The first-order valence-corrected chi connectivity index (χ1v) is 7.13. The summed E-state index contributed by atoms with van der Waals surface area (Å²) in [6.07, 6.45) is 0.119. The van der Waals surface area contributed by atoms with E-state index in [0.29, 0.717) is 28.7 Å². The predicted molar refractivity (Wildman–Crippen MR) is 78.7 cm³/mol. The first kappa shape index (κ1) is 16.1. The van der Waals surface area contributed by atoms with E-state index in [1.165, 1.54) is 0 Å². The third kappa shape index (κ3) is 3.87. The SMILES string of the molecule is CC1(OCC(=O)O)CN(C(=O)Cc2c(Cl)cccc2Cl)C1. The lowest BCUT2D eigenvalue weighted by atomic mass is 9.95. The maximum atomic E-state index is 12.2. The van der Waals surface area contributed by atoms with Crippen LogP contribution in [0.3, 0.4) is 0 Å². The van der Waals surface area contributed by atoms with Crippen molar-refractivity contribution >= 4 is 35.1 Å². The molecule has 0 atom stereocenters. The average molecular weight is 332 g/mol. The van der Waals surface area contributed by atoms with Gasteiger partial charge in [0.25, 0.3) is 0 Å². The minimum Gasteiger partial charge on any atom is -0.480 e. The molecule has 1 aliphatic rings. The summed E-state index contributed by atoms with van der Waals surface area (Å²) in [5, 5.41) is 9.51. The Morgan fingerprint density at radius 3 is 2.43 bits per heavy atom. The third-order valence-corrected chi connectivity index (χ3v) is 4.05. The normalized spacial score (nSPS) is 16.4. The van der Waals surface area contributed by atoms with Crippen LogP contribution in [0, 0.1) is 0 Å². The largest absolute Gasteiger partial charge is 0.480 e. The van der Waals surface area contributed by atoms with Gasteiger partial charge in [-0.1, -0.05) is 29.3 Å². The van der Waals surface area contributed by atoms with E-state index >= 15 is 0 Å². The fourth-order valence-electron chi connectivity index (χ4n) is 2.23. The van der Waals surface area contributed by atoms with Crippen LogP contribution < -0.4 is 0 Å². The van der Waals surface area contributed by atoms with E-state index in [4.69, 9.17) is 33.0 Å². The summed E-state index contributed by atoms with van der Waals surface area (Å²) < 4.78 is 5.26. The number of rotatable bonds is 5. The summed E-state index contributed by atoms with van der Waals surface area (Å²) in [6, 6.07) is 5.09. The Hall–Kier alpha value is -1.30. The molecule has 1 aliphatic heterocycles. The topological polar surface area (TPSA) is 66.8 Å². The number of amides is 1. The van der Waals surface area contributed by atoms with E-state index in [9.17, 15) is 9.59 Å². The predicted octanol–water partition coefficient (Wildman–Crippen LogP) is 2.24. The van der Waals surface area contributed by atoms with Crippen LogP contribution in [0.4, 0.5) is 0 Å². The molecule has 0 aliphatic carbocycles. The summed E-state index contributed by atoms with van der Waals surface area (Å²) in [5.74, 6) is -1.13. The van der Waals surface area contributed by atoms with Gasteiger partial charge < -0.3 is 14.7 Å². The maximum Gasteiger partial charge on any atom is 0.329 e. The third-order valence-electron chi connectivity index (χ3n) is 3.34. The van der Waals surface area contributed by atoms with Crippen molar-refractivity contribution < 1.29 is 19.4 Å². The van der Waals surface area contributed by atoms with Crippen molar-refractivity contribution in [2.45, 2.75) is 18.9 Å². The Morgan fingerprint density at radius 1 is 1.33 bits per heavy atom. The molecule has 1 amide bonds. The lowest BCUT2D eigenvalue weighted by Gasteiger charge is -2.47. The molecule has 1 fully saturated rings. The number of carbonyl (C=O) groups excluding carboxylic acids is 1. The molecule has 0 aromatic heterocycles. The molecule has 0 saturated carbocycles. The molecule has 0 bridgehead atoms. The van der Waals surface area contributed by atoms with Crippen molar-refractivity contribution in [3.8, 4) is 0 Å². The van der Waals surface area contributed by atoms with Crippen molar-refractivity contribution in [1.29, 1.82) is 0 Å². The number of halogens is 2. The molecule has 1 saturated heterocycles. The maximum absolute atomic E-state index is 12.2. The highest BCUT2D eigenvalue weighted by atomic mass is 35.5. The molecule has 2 rings (SSSR count). The van der Waals surface area contributed by atoms with Crippen LogP contribution in [-0.4, -0.2) is 47.2 Å². The fraction of sp³-hybridized carbons (Fsp3) is 0.429. The van der Waals surface area contributed by atoms with Gasteiger partial charge >= 0.3 is 5.97 Å². The molecule has 1 N–H and O–H groups in total. The van der Waals surface area contributed by atoms with Crippen molar-refractivity contribution in [3.05, 3.63) is 33.8 Å². The van der Waals surface area contributed by atoms with Crippen molar-refractivity contribution in [1.82, 2.24) is 4.90 Å². The fourth-order valence-corrected chi connectivity index (χ4v) is 2.76. The van der Waals surface area contributed by atoms with E-state index in [1.54, 1.807) is 30.0 Å². The summed E-state index contributed by atoms with van der Waals surface area (Å²) in [7, 11) is 0. The minimum absolute atomic E-state index is 0.110. The number of aliphatic carboxylic acids is 1. The van der Waals surface area contributed by atoms with Gasteiger partial charge in [-0.3, -0.25) is 4.79 Å². The highest BCUT2D eigenvalue weighted by Crippen LogP contribution is 2.28. The monoisotopic (exact) mass is 331 g/mol. The number of hydrogen-bond donors (Lipinski definition) is 1. The second-order valence-electron chi connectivity index (χ2n) is 5.26. The molecule has 0 radical (unpaired) electrons. The van der Waals surface area contributed by atoms with Crippen LogP contribution in [0.25, 0.3) is 0 Å². The molecule has 1 heterocycles. The summed E-state index contributed by atoms with van der Waals surface area (Å²) >= 11 is 12.1. The van der Waals surface area contributed by atoms with Gasteiger partial charge in [-0.2, -0.15) is 0 Å². The summed E-state index contributed by atoms with van der Waals surface area (Å²) in [5.41, 5.74) is 0.00379. The Bertz CT molecular complexity index is 550. The molecule has 1 aromatic rings. The number of ether oxygens (including phenoxy) is 1. The van der Waals surface area contributed by atoms with E-state index in [2.05, 4.69) is 0 Å². The highest BCUT2D eigenvalue weighted by molar-refractivity contribution is 6.36. The molecule has 114 valence electrons. The number of likely N-dealkylation sites (tertiary alicyclic amines) is 1. The quantitative estimate of drug-likeness (QED) is 0.898. The zero-order valence-corrected chi connectivity index (χ0v) is 12.9. The van der Waals surface area contributed by atoms with E-state index < -0.39 is 11.6 Å². The number of nitrogens with zero attached hydrogens (tertiary/aromatic N) is 1. The lowest BCUT2D eigenvalue weighted by Crippen LogP contribution is -2.63. The van der Waals surface area contributed by atoms with Gasteiger partial charge in [0.2, 0.25) is 5.91 Å². The Labute approximate surface area is 132 Å². The number of carbonyl (C=O) groups is 2. The zero-order valence-electron chi connectivity index (χ0n) is 11.4. The standard InChI is InChI=1S/C14H15Cl2NO4/c1-14(21-6-13(19)20)7-17(8-14)12(18)5-9-10(15)3-2-4-11(9)16/h2-4H,5-8H2,1H3,(H,19,20). The molecule has 7 heteroatoms.